The molecule has 1 saturated heterocycles. The van der Waals surface area contributed by atoms with E-state index < -0.39 is 0 Å². The molecule has 1 aromatic heterocycles. The highest BCUT2D eigenvalue weighted by molar-refractivity contribution is 4.94. The topological polar surface area (TPSA) is 55.2 Å². The third-order valence-corrected chi connectivity index (χ3v) is 4.21. The van der Waals surface area contributed by atoms with Crippen LogP contribution in [0.5, 0.6) is 0 Å². The summed E-state index contributed by atoms with van der Waals surface area (Å²) in [6, 6.07) is 0.837. The van der Waals surface area contributed by atoms with E-state index in [-0.39, 0.29) is 12.1 Å². The van der Waals surface area contributed by atoms with Crippen LogP contribution in [0, 0.1) is 0 Å². The van der Waals surface area contributed by atoms with Gasteiger partial charge in [-0.25, -0.2) is 4.98 Å². The summed E-state index contributed by atoms with van der Waals surface area (Å²) in [7, 11) is 2.00. The second-order valence-electron chi connectivity index (χ2n) is 6.00. The van der Waals surface area contributed by atoms with Gasteiger partial charge >= 0.3 is 0 Å². The zero-order chi connectivity index (χ0) is 15.2. The van der Waals surface area contributed by atoms with Crippen LogP contribution in [-0.4, -0.2) is 64.6 Å². The maximum absolute atomic E-state index is 6.00. The van der Waals surface area contributed by atoms with Crippen LogP contribution in [-0.2, 0) is 17.7 Å². The largest absolute Gasteiger partial charge is 0.374 e. The van der Waals surface area contributed by atoms with Crippen LogP contribution in [0.2, 0.25) is 0 Å². The fourth-order valence-corrected chi connectivity index (χ4v) is 2.87. The molecule has 0 aromatic carbocycles. The lowest BCUT2D eigenvalue weighted by Gasteiger charge is -2.38. The molecule has 0 spiro atoms. The molecule has 6 heteroatoms. The minimum atomic E-state index is 0.206. The molecule has 2 heterocycles. The van der Waals surface area contributed by atoms with Crippen LogP contribution in [0.3, 0.4) is 0 Å². The average Bonchev–Trinajstić information content (AvgIpc) is 2.92. The van der Waals surface area contributed by atoms with Gasteiger partial charge in [-0.2, -0.15) is 5.10 Å². The fourth-order valence-electron chi connectivity index (χ4n) is 2.87. The van der Waals surface area contributed by atoms with Gasteiger partial charge in [0.1, 0.15) is 12.2 Å². The SMILES string of the molecule is CCCn1ncnc1CC(NC)C1CN(C(C)C)CCO1. The Morgan fingerprint density at radius 3 is 2.95 bits per heavy atom. The Morgan fingerprint density at radius 1 is 1.48 bits per heavy atom. The lowest BCUT2D eigenvalue weighted by molar-refractivity contribution is -0.0545. The number of nitrogens with one attached hydrogen (secondary N) is 1. The quantitative estimate of drug-likeness (QED) is 0.811. The number of likely N-dealkylation sites (N-methyl/N-ethyl adjacent to an activating group) is 1. The van der Waals surface area contributed by atoms with Crippen molar-refractivity contribution in [2.75, 3.05) is 26.7 Å². The van der Waals surface area contributed by atoms with Crippen molar-refractivity contribution in [1.82, 2.24) is 25.0 Å². The number of ether oxygens (including phenoxy) is 1. The summed E-state index contributed by atoms with van der Waals surface area (Å²) >= 11 is 0. The van der Waals surface area contributed by atoms with Crippen molar-refractivity contribution in [3.05, 3.63) is 12.2 Å². The third kappa shape index (κ3) is 4.25. The van der Waals surface area contributed by atoms with Gasteiger partial charge in [0.15, 0.2) is 0 Å². The molecule has 2 atom stereocenters. The zero-order valence-electron chi connectivity index (χ0n) is 13.7. The number of hydrogen-bond donors (Lipinski definition) is 1. The van der Waals surface area contributed by atoms with Crippen LogP contribution >= 0.6 is 0 Å². The lowest BCUT2D eigenvalue weighted by Crippen LogP contribution is -2.54. The van der Waals surface area contributed by atoms with Crippen molar-refractivity contribution in [2.24, 2.45) is 0 Å². The molecular formula is C15H29N5O. The van der Waals surface area contributed by atoms with E-state index in [1.807, 2.05) is 11.7 Å². The maximum Gasteiger partial charge on any atom is 0.138 e. The minimum absolute atomic E-state index is 0.206. The fraction of sp³-hybridized carbons (Fsp3) is 0.867. The Kier molecular flexibility index (Phi) is 6.14. The standard InChI is InChI=1S/C15H29N5O/c1-5-6-20-15(17-11-18-20)9-13(16-4)14-10-19(12(2)3)7-8-21-14/h11-14,16H,5-10H2,1-4H3. The molecule has 2 rings (SSSR count). The number of nitrogens with zero attached hydrogens (tertiary/aromatic N) is 4. The molecule has 1 N–H and O–H groups in total. The first kappa shape index (κ1) is 16.4. The first-order chi connectivity index (χ1) is 10.2. The highest BCUT2D eigenvalue weighted by Gasteiger charge is 2.29. The second-order valence-corrected chi connectivity index (χ2v) is 6.00. The van der Waals surface area contributed by atoms with E-state index in [0.717, 1.165) is 44.9 Å². The predicted molar refractivity (Wildman–Crippen MR) is 83.3 cm³/mol. The van der Waals surface area contributed by atoms with Gasteiger partial charge in [-0.3, -0.25) is 9.58 Å². The monoisotopic (exact) mass is 295 g/mol. The van der Waals surface area contributed by atoms with Crippen molar-refractivity contribution in [3.63, 3.8) is 0 Å². The van der Waals surface area contributed by atoms with Crippen molar-refractivity contribution in [3.8, 4) is 0 Å². The van der Waals surface area contributed by atoms with Gasteiger partial charge < -0.3 is 10.1 Å². The summed E-state index contributed by atoms with van der Waals surface area (Å²) in [6.07, 6.45) is 3.78. The van der Waals surface area contributed by atoms with E-state index in [1.54, 1.807) is 6.33 Å². The van der Waals surface area contributed by atoms with E-state index in [1.165, 1.54) is 0 Å². The van der Waals surface area contributed by atoms with Gasteiger partial charge in [0, 0.05) is 38.1 Å². The maximum atomic E-state index is 6.00. The van der Waals surface area contributed by atoms with Crippen LogP contribution in [0.4, 0.5) is 0 Å². The summed E-state index contributed by atoms with van der Waals surface area (Å²) in [6.45, 7) is 10.4. The third-order valence-electron chi connectivity index (χ3n) is 4.21. The molecule has 2 unspecified atom stereocenters. The molecule has 0 aliphatic carbocycles. The molecule has 0 bridgehead atoms. The van der Waals surface area contributed by atoms with Gasteiger partial charge in [0.25, 0.3) is 0 Å². The van der Waals surface area contributed by atoms with Crippen molar-refractivity contribution in [2.45, 2.75) is 58.3 Å². The van der Waals surface area contributed by atoms with Crippen molar-refractivity contribution in [1.29, 1.82) is 0 Å². The van der Waals surface area contributed by atoms with Gasteiger partial charge in [0.2, 0.25) is 0 Å². The van der Waals surface area contributed by atoms with E-state index in [9.17, 15) is 0 Å². The summed E-state index contributed by atoms with van der Waals surface area (Å²) < 4.78 is 8.01. The highest BCUT2D eigenvalue weighted by Crippen LogP contribution is 2.14. The molecule has 0 amide bonds. The van der Waals surface area contributed by atoms with Crippen LogP contribution in [0.1, 0.15) is 33.0 Å². The Balaban J connectivity index is 2.00. The van der Waals surface area contributed by atoms with Gasteiger partial charge in [0.05, 0.1) is 12.7 Å². The Morgan fingerprint density at radius 2 is 2.29 bits per heavy atom. The molecule has 1 aliphatic heterocycles. The molecule has 0 radical (unpaired) electrons. The zero-order valence-corrected chi connectivity index (χ0v) is 13.7. The normalized spacial score (nSPS) is 21.9. The molecule has 6 nitrogen and oxygen atoms in total. The number of hydrogen-bond acceptors (Lipinski definition) is 5. The van der Waals surface area contributed by atoms with Crippen LogP contribution in [0.25, 0.3) is 0 Å². The summed E-state index contributed by atoms with van der Waals surface area (Å²) in [5.74, 6) is 1.04. The molecule has 1 aliphatic rings. The number of aromatic nitrogens is 3. The summed E-state index contributed by atoms with van der Waals surface area (Å²) in [5, 5.41) is 7.71. The second kappa shape index (κ2) is 7.87. The van der Waals surface area contributed by atoms with Gasteiger partial charge in [-0.15, -0.1) is 0 Å². The Labute approximate surface area is 127 Å². The first-order valence-electron chi connectivity index (χ1n) is 8.05. The van der Waals surface area contributed by atoms with Gasteiger partial charge in [-0.05, 0) is 27.3 Å². The molecule has 21 heavy (non-hydrogen) atoms. The Hall–Kier alpha value is -0.980. The minimum Gasteiger partial charge on any atom is -0.374 e. The van der Waals surface area contributed by atoms with Crippen molar-refractivity contribution < 1.29 is 4.74 Å². The van der Waals surface area contributed by atoms with Crippen molar-refractivity contribution >= 4 is 0 Å². The van der Waals surface area contributed by atoms with E-state index in [4.69, 9.17) is 4.74 Å². The number of morpholine rings is 1. The number of aryl methyl sites for hydroxylation is 1. The summed E-state index contributed by atoms with van der Waals surface area (Å²) in [5.41, 5.74) is 0. The predicted octanol–water partition coefficient (Wildman–Crippen LogP) is 0.928. The Bertz CT molecular complexity index is 420. The van der Waals surface area contributed by atoms with E-state index in [2.05, 4.69) is 41.1 Å². The van der Waals surface area contributed by atoms with Crippen LogP contribution in [0.15, 0.2) is 6.33 Å². The number of rotatable bonds is 7. The smallest absolute Gasteiger partial charge is 0.138 e. The van der Waals surface area contributed by atoms with Crippen LogP contribution < -0.4 is 5.32 Å². The molecule has 0 saturated carbocycles. The average molecular weight is 295 g/mol. The molecule has 1 aromatic rings. The van der Waals surface area contributed by atoms with E-state index in [0.29, 0.717) is 6.04 Å². The van der Waals surface area contributed by atoms with Gasteiger partial charge in [-0.1, -0.05) is 6.92 Å². The van der Waals surface area contributed by atoms with E-state index >= 15 is 0 Å². The summed E-state index contributed by atoms with van der Waals surface area (Å²) in [4.78, 5) is 6.90. The lowest BCUT2D eigenvalue weighted by atomic mass is 10.0. The molecular weight excluding hydrogens is 266 g/mol. The molecule has 120 valence electrons. The highest BCUT2D eigenvalue weighted by atomic mass is 16.5. The molecule has 1 fully saturated rings. The first-order valence-corrected chi connectivity index (χ1v) is 8.05.